The quantitative estimate of drug-likeness (QED) is 0.838. The summed E-state index contributed by atoms with van der Waals surface area (Å²) in [5.74, 6) is -0.429. The molecular weight excluding hydrogens is 200 g/mol. The molecule has 1 amide bonds. The molecule has 0 aromatic heterocycles. The minimum absolute atomic E-state index is 0.0744. The van der Waals surface area contributed by atoms with Crippen molar-refractivity contribution in [1.82, 2.24) is 5.32 Å². The third-order valence-corrected chi connectivity index (χ3v) is 2.40. The molecule has 0 aliphatic carbocycles. The van der Waals surface area contributed by atoms with Crippen molar-refractivity contribution in [3.8, 4) is 6.07 Å². The smallest absolute Gasteiger partial charge is 0.221 e. The van der Waals surface area contributed by atoms with Crippen LogP contribution in [0.1, 0.15) is 30.4 Å². The molecule has 0 aliphatic heterocycles. The van der Waals surface area contributed by atoms with Crippen LogP contribution in [0, 0.1) is 18.3 Å². The van der Waals surface area contributed by atoms with Gasteiger partial charge in [-0.25, -0.2) is 0 Å². The number of hydrogen-bond acceptors (Lipinski definition) is 2. The van der Waals surface area contributed by atoms with Gasteiger partial charge in [0.15, 0.2) is 0 Å². The number of nitriles is 1. The molecule has 1 atom stereocenters. The molecule has 0 bridgehead atoms. The van der Waals surface area contributed by atoms with E-state index in [1.807, 2.05) is 38.1 Å². The lowest BCUT2D eigenvalue weighted by Crippen LogP contribution is -2.24. The highest BCUT2D eigenvalue weighted by atomic mass is 16.1. The predicted octanol–water partition coefficient (Wildman–Crippen LogP) is 2.13. The van der Waals surface area contributed by atoms with Gasteiger partial charge in [0.05, 0.1) is 12.0 Å². The second-order valence-electron chi connectivity index (χ2n) is 3.75. The van der Waals surface area contributed by atoms with Gasteiger partial charge in [-0.1, -0.05) is 29.8 Å². The molecule has 0 saturated carbocycles. The maximum Gasteiger partial charge on any atom is 0.221 e. The Balaban J connectivity index is 2.72. The van der Waals surface area contributed by atoms with E-state index in [1.54, 1.807) is 0 Å². The summed E-state index contributed by atoms with van der Waals surface area (Å²) in [6.07, 6.45) is 0.230. The highest BCUT2D eigenvalue weighted by Gasteiger charge is 2.14. The molecule has 1 aromatic rings. The fourth-order valence-electron chi connectivity index (χ4n) is 1.49. The van der Waals surface area contributed by atoms with Crippen LogP contribution >= 0.6 is 0 Å². The second-order valence-corrected chi connectivity index (χ2v) is 3.75. The van der Waals surface area contributed by atoms with E-state index in [-0.39, 0.29) is 18.2 Å². The highest BCUT2D eigenvalue weighted by molar-refractivity contribution is 5.77. The van der Waals surface area contributed by atoms with E-state index in [0.717, 1.165) is 11.1 Å². The van der Waals surface area contributed by atoms with Gasteiger partial charge in [-0.05, 0) is 19.4 Å². The van der Waals surface area contributed by atoms with Gasteiger partial charge in [-0.2, -0.15) is 5.26 Å². The van der Waals surface area contributed by atoms with Crippen molar-refractivity contribution >= 4 is 5.91 Å². The van der Waals surface area contributed by atoms with Crippen LogP contribution in [-0.4, -0.2) is 12.5 Å². The van der Waals surface area contributed by atoms with Crippen molar-refractivity contribution in [1.29, 1.82) is 5.26 Å². The molecule has 3 heteroatoms. The van der Waals surface area contributed by atoms with Crippen LogP contribution < -0.4 is 5.32 Å². The average molecular weight is 216 g/mol. The Morgan fingerprint density at radius 3 is 2.56 bits per heavy atom. The van der Waals surface area contributed by atoms with Crippen molar-refractivity contribution in [2.24, 2.45) is 0 Å². The molecule has 16 heavy (non-hydrogen) atoms. The normalized spacial score (nSPS) is 11.6. The third kappa shape index (κ3) is 3.39. The summed E-state index contributed by atoms with van der Waals surface area (Å²) in [6.45, 7) is 4.46. The van der Waals surface area contributed by atoms with Crippen molar-refractivity contribution < 1.29 is 4.79 Å². The zero-order chi connectivity index (χ0) is 12.0. The molecule has 0 fully saturated rings. The Morgan fingerprint density at radius 2 is 2.06 bits per heavy atom. The van der Waals surface area contributed by atoms with E-state index in [2.05, 4.69) is 11.4 Å². The van der Waals surface area contributed by atoms with Crippen LogP contribution in [0.5, 0.6) is 0 Å². The third-order valence-electron chi connectivity index (χ3n) is 2.40. The lowest BCUT2D eigenvalue weighted by molar-refractivity contribution is -0.121. The minimum Gasteiger partial charge on any atom is -0.356 e. The largest absolute Gasteiger partial charge is 0.356 e. The fraction of sp³-hybridized carbons (Fsp3) is 0.385. The first kappa shape index (κ1) is 12.3. The van der Waals surface area contributed by atoms with E-state index < -0.39 is 0 Å². The van der Waals surface area contributed by atoms with E-state index in [1.165, 1.54) is 0 Å². The fourth-order valence-corrected chi connectivity index (χ4v) is 1.49. The molecule has 0 aliphatic rings. The monoisotopic (exact) mass is 216 g/mol. The predicted molar refractivity (Wildman–Crippen MR) is 62.8 cm³/mol. The van der Waals surface area contributed by atoms with Gasteiger partial charge in [-0.15, -0.1) is 0 Å². The number of carbonyl (C=O) groups is 1. The van der Waals surface area contributed by atoms with E-state index in [0.29, 0.717) is 6.54 Å². The van der Waals surface area contributed by atoms with Crippen molar-refractivity contribution in [2.45, 2.75) is 26.2 Å². The average Bonchev–Trinajstić information content (AvgIpc) is 2.27. The molecule has 84 valence electrons. The number of rotatable bonds is 4. The van der Waals surface area contributed by atoms with Crippen molar-refractivity contribution in [2.75, 3.05) is 6.54 Å². The summed E-state index contributed by atoms with van der Waals surface area (Å²) >= 11 is 0. The Bertz CT molecular complexity index is 389. The lowest BCUT2D eigenvalue weighted by atomic mass is 9.96. The van der Waals surface area contributed by atoms with E-state index >= 15 is 0 Å². The first-order valence-corrected chi connectivity index (χ1v) is 5.40. The van der Waals surface area contributed by atoms with Gasteiger partial charge in [0, 0.05) is 13.0 Å². The molecule has 1 unspecified atom stereocenters. The number of benzene rings is 1. The molecule has 0 radical (unpaired) electrons. The van der Waals surface area contributed by atoms with Crippen molar-refractivity contribution in [3.05, 3.63) is 35.4 Å². The van der Waals surface area contributed by atoms with Gasteiger partial charge in [0.25, 0.3) is 0 Å². The Morgan fingerprint density at radius 1 is 1.44 bits per heavy atom. The van der Waals surface area contributed by atoms with Crippen LogP contribution in [0.3, 0.4) is 0 Å². The molecule has 3 nitrogen and oxygen atoms in total. The molecule has 0 spiro atoms. The Labute approximate surface area is 96.1 Å². The van der Waals surface area contributed by atoms with Crippen molar-refractivity contribution in [3.63, 3.8) is 0 Å². The summed E-state index contributed by atoms with van der Waals surface area (Å²) in [4.78, 5) is 11.4. The van der Waals surface area contributed by atoms with Crippen LogP contribution in [-0.2, 0) is 4.79 Å². The van der Waals surface area contributed by atoms with E-state index in [4.69, 9.17) is 5.26 Å². The van der Waals surface area contributed by atoms with Crippen LogP contribution in [0.15, 0.2) is 24.3 Å². The zero-order valence-corrected chi connectivity index (χ0v) is 9.66. The van der Waals surface area contributed by atoms with Gasteiger partial charge < -0.3 is 5.32 Å². The summed E-state index contributed by atoms with van der Waals surface area (Å²) in [5, 5.41) is 11.7. The SMILES string of the molecule is CCNC(=O)CC(C#N)c1ccc(C)cc1. The van der Waals surface area contributed by atoms with Gasteiger partial charge in [-0.3, -0.25) is 4.79 Å². The second kappa shape index (κ2) is 5.92. The Kier molecular flexibility index (Phi) is 4.53. The Hall–Kier alpha value is -1.82. The van der Waals surface area contributed by atoms with E-state index in [9.17, 15) is 4.79 Å². The number of nitrogens with one attached hydrogen (secondary N) is 1. The zero-order valence-electron chi connectivity index (χ0n) is 9.66. The van der Waals surface area contributed by atoms with Gasteiger partial charge in [0.1, 0.15) is 0 Å². The number of carbonyl (C=O) groups excluding carboxylic acids is 1. The molecule has 1 aromatic carbocycles. The molecule has 0 saturated heterocycles. The van der Waals surface area contributed by atoms with Gasteiger partial charge in [0.2, 0.25) is 5.91 Å². The number of nitrogens with zero attached hydrogens (tertiary/aromatic N) is 1. The minimum atomic E-state index is -0.354. The first-order chi connectivity index (χ1) is 7.67. The maximum absolute atomic E-state index is 11.4. The first-order valence-electron chi connectivity index (χ1n) is 5.40. The molecular formula is C13H16N2O. The highest BCUT2D eigenvalue weighted by Crippen LogP contribution is 2.19. The van der Waals surface area contributed by atoms with Gasteiger partial charge >= 0.3 is 0 Å². The lowest BCUT2D eigenvalue weighted by Gasteiger charge is -2.09. The number of hydrogen-bond donors (Lipinski definition) is 1. The summed E-state index contributed by atoms with van der Waals surface area (Å²) in [5.41, 5.74) is 2.05. The van der Waals surface area contributed by atoms with Crippen LogP contribution in [0.4, 0.5) is 0 Å². The van der Waals surface area contributed by atoms with Crippen LogP contribution in [0.25, 0.3) is 0 Å². The topological polar surface area (TPSA) is 52.9 Å². The summed E-state index contributed by atoms with van der Waals surface area (Å²) in [7, 11) is 0. The molecule has 0 heterocycles. The number of aryl methyl sites for hydroxylation is 1. The standard InChI is InChI=1S/C13H16N2O/c1-3-15-13(16)8-12(9-14)11-6-4-10(2)5-7-11/h4-7,12H,3,8H2,1-2H3,(H,15,16). The number of amides is 1. The molecule has 1 rings (SSSR count). The van der Waals surface area contributed by atoms with Crippen LogP contribution in [0.2, 0.25) is 0 Å². The summed E-state index contributed by atoms with van der Waals surface area (Å²) < 4.78 is 0. The molecule has 1 N–H and O–H groups in total. The maximum atomic E-state index is 11.4. The summed E-state index contributed by atoms with van der Waals surface area (Å²) in [6, 6.07) is 9.89.